The van der Waals surface area contributed by atoms with Gasteiger partial charge in [0.05, 0.1) is 7.85 Å². The minimum absolute atomic E-state index is 0.769. The van der Waals surface area contributed by atoms with Crippen LogP contribution < -0.4 is 0 Å². The second kappa shape index (κ2) is 1.72. The second-order valence-electron chi connectivity index (χ2n) is 1.81. The van der Waals surface area contributed by atoms with Crippen LogP contribution in [0.25, 0.3) is 0 Å². The first-order valence-corrected chi connectivity index (χ1v) is 2.47. The normalized spacial score (nSPS) is 20.7. The molecule has 6 heavy (non-hydrogen) atoms. The Bertz CT molecular complexity index is 40.8. The van der Waals surface area contributed by atoms with Crippen molar-refractivity contribution >= 4 is 15.1 Å². The van der Waals surface area contributed by atoms with Crippen LogP contribution in [0.4, 0.5) is 0 Å². The first-order valence-electron chi connectivity index (χ1n) is 2.47. The smallest absolute Gasteiger partial charge is 0.104 e. The van der Waals surface area contributed by atoms with Crippen molar-refractivity contribution in [3.8, 4) is 0 Å². The van der Waals surface area contributed by atoms with Gasteiger partial charge in [-0.3, -0.25) is 0 Å². The van der Waals surface area contributed by atoms with E-state index < -0.39 is 0 Å². The quantitative estimate of drug-likeness (QED) is 0.428. The Labute approximate surface area is 41.0 Å². The third-order valence-corrected chi connectivity index (χ3v) is 1.09. The molecule has 1 saturated carbocycles. The lowest BCUT2D eigenvalue weighted by molar-refractivity contribution is 1.43. The summed E-state index contributed by atoms with van der Waals surface area (Å²) in [7, 11) is 7.39. The lowest BCUT2D eigenvalue weighted by atomic mass is 9.62. The van der Waals surface area contributed by atoms with Gasteiger partial charge in [-0.05, 0) is 0 Å². The van der Waals surface area contributed by atoms with Gasteiger partial charge in [0.2, 0.25) is 0 Å². The van der Waals surface area contributed by atoms with Crippen molar-refractivity contribution < 1.29 is 0 Å². The van der Waals surface area contributed by atoms with Crippen molar-refractivity contribution in [2.45, 2.75) is 24.9 Å². The molecule has 0 aromatic heterocycles. The van der Waals surface area contributed by atoms with Gasteiger partial charge in [-0.15, -0.1) is 6.22 Å². The molecule has 0 aliphatic heterocycles. The topological polar surface area (TPSA) is 0 Å². The third-order valence-electron chi connectivity index (χ3n) is 1.09. The van der Waals surface area contributed by atoms with E-state index in [4.69, 9.17) is 7.85 Å². The molecule has 1 fully saturated rings. The molecule has 0 bridgehead atoms. The fourth-order valence-electron chi connectivity index (χ4n) is 0.524. The molecular weight excluding hydrogens is 69.7 g/mol. The van der Waals surface area contributed by atoms with E-state index in [2.05, 4.69) is 7.28 Å². The number of hydrogen-bond donors (Lipinski definition) is 0. The van der Waals surface area contributed by atoms with Gasteiger partial charge in [-0.1, -0.05) is 18.7 Å². The molecule has 0 nitrogen and oxygen atoms in total. The van der Waals surface area contributed by atoms with E-state index in [-0.39, 0.29) is 0 Å². The largest absolute Gasteiger partial charge is 0.114 e. The first-order chi connectivity index (χ1) is 2.93. The van der Waals surface area contributed by atoms with Crippen LogP contribution in [0.2, 0.25) is 12.0 Å². The summed E-state index contributed by atoms with van der Waals surface area (Å²) >= 11 is 0. The van der Waals surface area contributed by atoms with Crippen LogP contribution in [0.5, 0.6) is 0 Å². The monoisotopic (exact) mass is 77.1 g/mol. The summed E-state index contributed by atoms with van der Waals surface area (Å²) in [4.78, 5) is 0. The molecule has 1 aliphatic carbocycles. The highest BCUT2D eigenvalue weighted by atomic mass is 14.1. The molecule has 1 aliphatic rings. The zero-order valence-electron chi connectivity index (χ0n) is 3.85. The zero-order chi connectivity index (χ0) is 4.41. The third kappa shape index (κ3) is 1.08. The highest BCUT2D eigenvalue weighted by Crippen LogP contribution is 2.35. The van der Waals surface area contributed by atoms with E-state index in [1.807, 2.05) is 0 Å². The van der Waals surface area contributed by atoms with Gasteiger partial charge in [0.1, 0.15) is 7.28 Å². The number of hydrogen-bond acceptors (Lipinski definition) is 0. The Morgan fingerprint density at radius 1 is 1.67 bits per heavy atom. The Kier molecular flexibility index (Phi) is 1.23. The molecule has 0 aromatic rings. The van der Waals surface area contributed by atoms with Crippen molar-refractivity contribution in [1.82, 2.24) is 0 Å². The van der Waals surface area contributed by atoms with E-state index in [0.29, 0.717) is 0 Å². The summed E-state index contributed by atoms with van der Waals surface area (Å²) < 4.78 is 0. The molecule has 0 N–H and O–H groups in total. The minimum Gasteiger partial charge on any atom is -0.114 e. The van der Waals surface area contributed by atoms with E-state index in [1.165, 1.54) is 12.8 Å². The van der Waals surface area contributed by atoms with Crippen LogP contribution in [0.3, 0.4) is 0 Å². The first kappa shape index (κ1) is 4.29. The molecular formula is C4H7B2. The Hall–Kier alpha value is 0.130. The highest BCUT2D eigenvalue weighted by molar-refractivity contribution is 6.49. The van der Waals surface area contributed by atoms with E-state index in [1.54, 1.807) is 0 Å². The van der Waals surface area contributed by atoms with Crippen molar-refractivity contribution in [3.63, 3.8) is 0 Å². The SMILES string of the molecule is [B]C[B]C1CC1. The van der Waals surface area contributed by atoms with E-state index >= 15 is 0 Å². The van der Waals surface area contributed by atoms with Crippen molar-refractivity contribution in [3.05, 3.63) is 0 Å². The minimum atomic E-state index is 0.769. The molecule has 2 heteroatoms. The summed E-state index contributed by atoms with van der Waals surface area (Å²) in [6.07, 6.45) is 3.54. The molecule has 3 radical (unpaired) electrons. The van der Waals surface area contributed by atoms with Gasteiger partial charge in [0, 0.05) is 0 Å². The summed E-state index contributed by atoms with van der Waals surface area (Å²) in [6.45, 7) is 0. The molecule has 0 saturated heterocycles. The van der Waals surface area contributed by atoms with E-state index in [9.17, 15) is 0 Å². The van der Waals surface area contributed by atoms with Crippen molar-refractivity contribution in [1.29, 1.82) is 0 Å². The van der Waals surface area contributed by atoms with Gasteiger partial charge in [0.25, 0.3) is 0 Å². The molecule has 29 valence electrons. The van der Waals surface area contributed by atoms with Gasteiger partial charge in [-0.2, -0.15) is 0 Å². The van der Waals surface area contributed by atoms with Crippen molar-refractivity contribution in [2.75, 3.05) is 0 Å². The lowest BCUT2D eigenvalue weighted by Crippen LogP contribution is -1.84. The summed E-state index contributed by atoms with van der Waals surface area (Å²) in [5.41, 5.74) is 0. The van der Waals surface area contributed by atoms with Crippen LogP contribution in [0, 0.1) is 0 Å². The molecule has 0 heterocycles. The van der Waals surface area contributed by atoms with Gasteiger partial charge >= 0.3 is 0 Å². The summed E-state index contributed by atoms with van der Waals surface area (Å²) in [6, 6.07) is 0. The maximum Gasteiger partial charge on any atom is 0.104 e. The molecule has 0 aromatic carbocycles. The fourth-order valence-corrected chi connectivity index (χ4v) is 0.524. The van der Waals surface area contributed by atoms with Gasteiger partial charge < -0.3 is 0 Å². The molecule has 0 spiro atoms. The van der Waals surface area contributed by atoms with Crippen LogP contribution in [-0.2, 0) is 0 Å². The number of rotatable bonds is 2. The van der Waals surface area contributed by atoms with Crippen LogP contribution >= 0.6 is 0 Å². The molecule has 0 amide bonds. The molecule has 0 unspecified atom stereocenters. The predicted octanol–water partition coefficient (Wildman–Crippen LogP) is 0.817. The van der Waals surface area contributed by atoms with Crippen molar-refractivity contribution in [2.24, 2.45) is 0 Å². The average molecular weight is 76.7 g/mol. The van der Waals surface area contributed by atoms with Gasteiger partial charge in [-0.25, -0.2) is 0 Å². The van der Waals surface area contributed by atoms with Crippen LogP contribution in [0.1, 0.15) is 12.8 Å². The second-order valence-corrected chi connectivity index (χ2v) is 1.81. The molecule has 1 rings (SSSR count). The molecule has 0 atom stereocenters. The Balaban J connectivity index is 1.88. The predicted molar refractivity (Wildman–Crippen MR) is 29.3 cm³/mol. The maximum absolute atomic E-state index is 5.21. The summed E-state index contributed by atoms with van der Waals surface area (Å²) in [5.74, 6) is 0.898. The van der Waals surface area contributed by atoms with Crippen LogP contribution in [0.15, 0.2) is 0 Å². The van der Waals surface area contributed by atoms with E-state index in [0.717, 1.165) is 12.0 Å². The van der Waals surface area contributed by atoms with Gasteiger partial charge in [0.15, 0.2) is 0 Å². The lowest BCUT2D eigenvalue weighted by Gasteiger charge is -1.79. The zero-order valence-corrected chi connectivity index (χ0v) is 3.85. The highest BCUT2D eigenvalue weighted by Gasteiger charge is 2.19. The fraction of sp³-hybridized carbons (Fsp3) is 1.00. The average Bonchev–Trinajstić information content (AvgIpc) is 2.21. The standard InChI is InChI=1S/C4H7B2/c5-3-6-4-1-2-4/h4H,1-3H2. The Morgan fingerprint density at radius 3 is 2.50 bits per heavy atom. The summed E-state index contributed by atoms with van der Waals surface area (Å²) in [5, 5.41) is 0. The van der Waals surface area contributed by atoms with Crippen LogP contribution in [-0.4, -0.2) is 15.1 Å². The maximum atomic E-state index is 5.21. The Morgan fingerprint density at radius 2 is 2.33 bits per heavy atom.